The summed E-state index contributed by atoms with van der Waals surface area (Å²) >= 11 is 6.08. The zero-order valence-corrected chi connectivity index (χ0v) is 19.7. The second-order valence-corrected chi connectivity index (χ2v) is 9.35. The van der Waals surface area contributed by atoms with Crippen LogP contribution in [0.15, 0.2) is 47.3 Å². The molecule has 1 spiro atoms. The SMILES string of the molecule is CCN(CC(=O)N1c2ccccc2NC(=O)C12CCCC2)Cc1nc2cc(Cl)ccc2c(=O)[nH]1. The maximum absolute atomic E-state index is 13.7. The van der Waals surface area contributed by atoms with E-state index >= 15 is 0 Å². The van der Waals surface area contributed by atoms with Gasteiger partial charge in [-0.1, -0.05) is 43.5 Å². The number of hydrogen-bond acceptors (Lipinski definition) is 5. The van der Waals surface area contributed by atoms with E-state index < -0.39 is 5.54 Å². The van der Waals surface area contributed by atoms with Gasteiger partial charge < -0.3 is 10.3 Å². The lowest BCUT2D eigenvalue weighted by Gasteiger charge is -2.45. The van der Waals surface area contributed by atoms with Crippen LogP contribution >= 0.6 is 11.6 Å². The molecule has 0 bridgehead atoms. The van der Waals surface area contributed by atoms with Crippen LogP contribution in [0.1, 0.15) is 38.4 Å². The highest BCUT2D eigenvalue weighted by atomic mass is 35.5. The summed E-state index contributed by atoms with van der Waals surface area (Å²) < 4.78 is 0. The van der Waals surface area contributed by atoms with Crippen LogP contribution in [0.5, 0.6) is 0 Å². The second kappa shape index (κ2) is 8.85. The largest absolute Gasteiger partial charge is 0.322 e. The van der Waals surface area contributed by atoms with Gasteiger partial charge in [0.1, 0.15) is 11.4 Å². The summed E-state index contributed by atoms with van der Waals surface area (Å²) in [7, 11) is 0. The third-order valence-electron chi connectivity index (χ3n) is 6.82. The van der Waals surface area contributed by atoms with Crippen molar-refractivity contribution in [3.8, 4) is 0 Å². The number of benzene rings is 2. The predicted octanol–water partition coefficient (Wildman–Crippen LogP) is 3.70. The van der Waals surface area contributed by atoms with Crippen molar-refractivity contribution in [2.45, 2.75) is 44.7 Å². The summed E-state index contributed by atoms with van der Waals surface area (Å²) in [5, 5.41) is 3.97. The number of carbonyl (C=O) groups excluding carboxylic acids is 2. The molecule has 2 heterocycles. The molecule has 3 aromatic rings. The fourth-order valence-electron chi connectivity index (χ4n) is 5.12. The third-order valence-corrected chi connectivity index (χ3v) is 7.06. The molecular weight excluding hydrogens is 454 g/mol. The number of H-pyrrole nitrogens is 1. The molecule has 0 saturated heterocycles. The Hall–Kier alpha value is -3.23. The molecule has 1 aliphatic carbocycles. The van der Waals surface area contributed by atoms with Crippen LogP contribution in [0, 0.1) is 0 Å². The maximum atomic E-state index is 13.7. The predicted molar refractivity (Wildman–Crippen MR) is 132 cm³/mol. The van der Waals surface area contributed by atoms with E-state index in [0.717, 1.165) is 18.5 Å². The Labute approximate surface area is 201 Å². The third kappa shape index (κ3) is 3.86. The van der Waals surface area contributed by atoms with Crippen molar-refractivity contribution in [2.75, 3.05) is 23.3 Å². The molecule has 9 heteroatoms. The molecule has 1 aromatic heterocycles. The average molecular weight is 480 g/mol. The molecule has 34 heavy (non-hydrogen) atoms. The Balaban J connectivity index is 1.44. The van der Waals surface area contributed by atoms with Crippen LogP contribution in [-0.2, 0) is 16.1 Å². The summed E-state index contributed by atoms with van der Waals surface area (Å²) in [6, 6.07) is 12.4. The molecule has 0 radical (unpaired) electrons. The highest BCUT2D eigenvalue weighted by Crippen LogP contribution is 2.45. The zero-order chi connectivity index (χ0) is 23.9. The minimum atomic E-state index is -0.850. The molecule has 2 N–H and O–H groups in total. The molecule has 2 aliphatic rings. The number of amides is 2. The minimum Gasteiger partial charge on any atom is -0.322 e. The fraction of sp³-hybridized carbons (Fsp3) is 0.360. The highest BCUT2D eigenvalue weighted by Gasteiger charge is 2.52. The Kier molecular flexibility index (Phi) is 5.87. The number of carbonyl (C=O) groups is 2. The van der Waals surface area contributed by atoms with E-state index in [4.69, 9.17) is 11.6 Å². The first-order chi connectivity index (χ1) is 16.4. The molecular formula is C25H26ClN5O3. The average Bonchev–Trinajstić information content (AvgIpc) is 3.29. The van der Waals surface area contributed by atoms with Gasteiger partial charge in [0.25, 0.3) is 11.5 Å². The van der Waals surface area contributed by atoms with Crippen LogP contribution in [0.4, 0.5) is 11.4 Å². The van der Waals surface area contributed by atoms with Crippen molar-refractivity contribution >= 4 is 45.7 Å². The van der Waals surface area contributed by atoms with Crippen molar-refractivity contribution in [3.05, 3.63) is 63.7 Å². The standard InChI is InChI=1S/C25H26ClN5O3/c1-2-30(14-21-27-19-13-16(26)9-10-17(19)23(33)29-21)15-22(32)31-20-8-4-3-7-18(20)28-24(34)25(31)11-5-6-12-25/h3-4,7-10,13H,2,5-6,11-12,14-15H2,1H3,(H,28,34)(H,27,29,33). The lowest BCUT2D eigenvalue weighted by atomic mass is 9.89. The van der Waals surface area contributed by atoms with Gasteiger partial charge in [-0.15, -0.1) is 0 Å². The summed E-state index contributed by atoms with van der Waals surface area (Å²) in [5.41, 5.74) is 0.804. The van der Waals surface area contributed by atoms with Crippen molar-refractivity contribution in [1.82, 2.24) is 14.9 Å². The first-order valence-electron chi connectivity index (χ1n) is 11.6. The van der Waals surface area contributed by atoms with Gasteiger partial charge in [0.2, 0.25) is 5.91 Å². The van der Waals surface area contributed by atoms with E-state index in [1.165, 1.54) is 0 Å². The molecule has 0 unspecified atom stereocenters. The molecule has 0 atom stereocenters. The molecule has 2 amide bonds. The number of hydrogen-bond donors (Lipinski definition) is 2. The van der Waals surface area contributed by atoms with Crippen molar-refractivity contribution < 1.29 is 9.59 Å². The van der Waals surface area contributed by atoms with Crippen LogP contribution in [0.3, 0.4) is 0 Å². The van der Waals surface area contributed by atoms with Gasteiger partial charge >= 0.3 is 0 Å². The van der Waals surface area contributed by atoms with Crippen LogP contribution in [0.2, 0.25) is 5.02 Å². The summed E-state index contributed by atoms with van der Waals surface area (Å²) in [6.45, 7) is 2.90. The number of para-hydroxylation sites is 2. The summed E-state index contributed by atoms with van der Waals surface area (Å²) in [5.74, 6) is 0.205. The highest BCUT2D eigenvalue weighted by molar-refractivity contribution is 6.31. The van der Waals surface area contributed by atoms with Gasteiger partial charge in [0, 0.05) is 5.02 Å². The number of halogens is 1. The Morgan fingerprint density at radius 2 is 1.94 bits per heavy atom. The summed E-state index contributed by atoms with van der Waals surface area (Å²) in [4.78, 5) is 50.4. The molecule has 1 saturated carbocycles. The number of anilines is 2. The summed E-state index contributed by atoms with van der Waals surface area (Å²) in [6.07, 6.45) is 3.10. The number of rotatable bonds is 5. The van der Waals surface area contributed by atoms with E-state index in [1.807, 2.05) is 36.1 Å². The van der Waals surface area contributed by atoms with E-state index in [1.54, 1.807) is 23.1 Å². The molecule has 2 aromatic carbocycles. The normalized spacial score (nSPS) is 16.8. The smallest absolute Gasteiger partial charge is 0.258 e. The van der Waals surface area contributed by atoms with Gasteiger partial charge in [-0.05, 0) is 49.7 Å². The molecule has 5 rings (SSSR count). The monoisotopic (exact) mass is 479 g/mol. The van der Waals surface area contributed by atoms with Gasteiger partial charge in [-0.2, -0.15) is 0 Å². The number of nitrogens with zero attached hydrogens (tertiary/aromatic N) is 3. The fourth-order valence-corrected chi connectivity index (χ4v) is 5.28. The van der Waals surface area contributed by atoms with Gasteiger partial charge in [0.05, 0.1) is 35.4 Å². The van der Waals surface area contributed by atoms with E-state index in [-0.39, 0.29) is 30.5 Å². The van der Waals surface area contributed by atoms with Crippen molar-refractivity contribution in [3.63, 3.8) is 0 Å². The van der Waals surface area contributed by atoms with E-state index in [0.29, 0.717) is 46.8 Å². The second-order valence-electron chi connectivity index (χ2n) is 8.92. The topological polar surface area (TPSA) is 98.4 Å². The number of aromatic amines is 1. The first kappa shape index (κ1) is 22.6. The molecule has 1 fully saturated rings. The number of nitrogens with one attached hydrogen (secondary N) is 2. The molecule has 176 valence electrons. The van der Waals surface area contributed by atoms with Crippen LogP contribution < -0.4 is 15.8 Å². The van der Waals surface area contributed by atoms with Gasteiger partial charge in [0.15, 0.2) is 0 Å². The molecule has 1 aliphatic heterocycles. The van der Waals surface area contributed by atoms with E-state index in [9.17, 15) is 14.4 Å². The quantitative estimate of drug-likeness (QED) is 0.581. The number of likely N-dealkylation sites (N-methyl/N-ethyl adjacent to an activating group) is 1. The van der Waals surface area contributed by atoms with Crippen LogP contribution in [0.25, 0.3) is 10.9 Å². The van der Waals surface area contributed by atoms with Gasteiger partial charge in [-0.3, -0.25) is 24.2 Å². The lowest BCUT2D eigenvalue weighted by molar-refractivity contribution is -0.128. The maximum Gasteiger partial charge on any atom is 0.258 e. The van der Waals surface area contributed by atoms with Crippen LogP contribution in [-0.4, -0.2) is 45.3 Å². The van der Waals surface area contributed by atoms with Crippen molar-refractivity contribution in [2.24, 2.45) is 0 Å². The minimum absolute atomic E-state index is 0.0944. The Morgan fingerprint density at radius 3 is 2.71 bits per heavy atom. The lowest BCUT2D eigenvalue weighted by Crippen LogP contribution is -2.62. The van der Waals surface area contributed by atoms with E-state index in [2.05, 4.69) is 15.3 Å². The van der Waals surface area contributed by atoms with Gasteiger partial charge in [-0.25, -0.2) is 4.98 Å². The Morgan fingerprint density at radius 1 is 1.18 bits per heavy atom. The Bertz CT molecular complexity index is 1330. The van der Waals surface area contributed by atoms with Crippen molar-refractivity contribution in [1.29, 1.82) is 0 Å². The number of aromatic nitrogens is 2. The zero-order valence-electron chi connectivity index (χ0n) is 18.9. The molecule has 8 nitrogen and oxygen atoms in total. The number of fused-ring (bicyclic) bond motifs is 2. The first-order valence-corrected chi connectivity index (χ1v) is 11.9.